The van der Waals surface area contributed by atoms with Crippen molar-refractivity contribution in [3.63, 3.8) is 0 Å². The molecule has 4 rings (SSSR count). The third-order valence-corrected chi connectivity index (χ3v) is 7.85. The van der Waals surface area contributed by atoms with Crippen LogP contribution >= 0.6 is 0 Å². The maximum absolute atomic E-state index is 15.1. The Kier molecular flexibility index (Phi) is 6.93. The van der Waals surface area contributed by atoms with Crippen molar-refractivity contribution in [2.45, 2.75) is 77.0 Å². The van der Waals surface area contributed by atoms with E-state index in [0.29, 0.717) is 16.9 Å². The highest BCUT2D eigenvalue weighted by Crippen LogP contribution is 2.49. The summed E-state index contributed by atoms with van der Waals surface area (Å²) in [5.74, 6) is 0.756. The Labute approximate surface area is 184 Å². The third kappa shape index (κ3) is 4.63. The van der Waals surface area contributed by atoms with Gasteiger partial charge in [-0.3, -0.25) is 0 Å². The van der Waals surface area contributed by atoms with Crippen LogP contribution < -0.4 is 0 Å². The number of benzene rings is 2. The zero-order valence-corrected chi connectivity index (χ0v) is 18.8. The lowest BCUT2D eigenvalue weighted by atomic mass is 9.63. The number of esters is 1. The molecule has 2 aliphatic rings. The van der Waals surface area contributed by atoms with E-state index >= 15 is 4.39 Å². The van der Waals surface area contributed by atoms with E-state index < -0.39 is 11.8 Å². The van der Waals surface area contributed by atoms with Crippen LogP contribution in [0.25, 0.3) is 10.8 Å². The van der Waals surface area contributed by atoms with E-state index in [9.17, 15) is 9.18 Å². The number of hydrogen-bond acceptors (Lipinski definition) is 2. The number of carbonyl (C=O) groups excluding carboxylic acids is 1. The van der Waals surface area contributed by atoms with Crippen LogP contribution in [0.1, 0.15) is 93.0 Å². The zero-order chi connectivity index (χ0) is 22.0. The highest BCUT2D eigenvalue weighted by atomic mass is 19.1. The molecule has 2 nitrogen and oxygen atoms in total. The van der Waals surface area contributed by atoms with Crippen LogP contribution in [0, 0.1) is 29.4 Å². The van der Waals surface area contributed by atoms with Gasteiger partial charge in [-0.1, -0.05) is 45.1 Å². The maximum Gasteiger partial charge on any atom is 0.340 e. The number of halogens is 2. The minimum absolute atomic E-state index is 0.144. The Morgan fingerprint density at radius 2 is 1.81 bits per heavy atom. The van der Waals surface area contributed by atoms with Crippen LogP contribution in [-0.4, -0.2) is 13.1 Å². The van der Waals surface area contributed by atoms with Gasteiger partial charge < -0.3 is 4.74 Å². The van der Waals surface area contributed by atoms with E-state index in [1.54, 1.807) is 12.1 Å². The fourth-order valence-electron chi connectivity index (χ4n) is 6.12. The molecule has 0 aliphatic heterocycles. The number of fused-ring (bicyclic) bond motifs is 2. The second-order valence-corrected chi connectivity index (χ2v) is 9.72. The summed E-state index contributed by atoms with van der Waals surface area (Å²) < 4.78 is 34.5. The smallest absolute Gasteiger partial charge is 0.340 e. The number of rotatable bonds is 6. The van der Waals surface area contributed by atoms with Crippen LogP contribution in [0.5, 0.6) is 0 Å². The van der Waals surface area contributed by atoms with E-state index in [1.807, 2.05) is 0 Å². The Balaban J connectivity index is 1.49. The fraction of sp³-hybridized carbons (Fsp3) is 0.593. The van der Waals surface area contributed by atoms with Crippen LogP contribution in [0.4, 0.5) is 8.78 Å². The molecule has 0 radical (unpaired) electrons. The molecule has 0 spiro atoms. The molecule has 4 atom stereocenters. The van der Waals surface area contributed by atoms with Crippen molar-refractivity contribution >= 4 is 16.7 Å². The Bertz CT molecular complexity index is 938. The molecule has 0 saturated heterocycles. The molecule has 0 heterocycles. The summed E-state index contributed by atoms with van der Waals surface area (Å²) in [5.41, 5.74) is 0.555. The predicted octanol–water partition coefficient (Wildman–Crippen LogP) is 7.78. The van der Waals surface area contributed by atoms with Crippen LogP contribution in [0.3, 0.4) is 0 Å². The standard InChI is InChI=1S/C27H34F2O2/c1-3-4-5-6-17-7-8-19-14-20(10-9-18(19)13-17)23-15-21-11-12-22(27(30)31-2)26(29)24(21)16-25(23)28/h11-12,15-20H,3-10,13-14H2,1-2H3/t17?,18-,19+,20?/m0/s1. The lowest BCUT2D eigenvalue weighted by Gasteiger charge is -2.42. The van der Waals surface area contributed by atoms with Gasteiger partial charge in [-0.05, 0) is 84.9 Å². The lowest BCUT2D eigenvalue weighted by Crippen LogP contribution is -2.30. The molecule has 168 valence electrons. The summed E-state index contributed by atoms with van der Waals surface area (Å²) in [4.78, 5) is 11.8. The summed E-state index contributed by atoms with van der Waals surface area (Å²) in [5, 5.41) is 0.786. The zero-order valence-electron chi connectivity index (χ0n) is 18.8. The molecular weight excluding hydrogens is 394 g/mol. The predicted molar refractivity (Wildman–Crippen MR) is 120 cm³/mol. The van der Waals surface area contributed by atoms with Crippen LogP contribution in [0.15, 0.2) is 24.3 Å². The number of ether oxygens (including phenoxy) is 1. The van der Waals surface area contributed by atoms with Gasteiger partial charge in [0.2, 0.25) is 0 Å². The highest BCUT2D eigenvalue weighted by Gasteiger charge is 2.36. The monoisotopic (exact) mass is 428 g/mol. The van der Waals surface area contributed by atoms with E-state index in [1.165, 1.54) is 70.6 Å². The molecule has 2 aromatic rings. The molecule has 2 fully saturated rings. The van der Waals surface area contributed by atoms with Crippen molar-refractivity contribution in [2.75, 3.05) is 7.11 Å². The van der Waals surface area contributed by atoms with Gasteiger partial charge in [-0.15, -0.1) is 0 Å². The summed E-state index contributed by atoms with van der Waals surface area (Å²) in [6.45, 7) is 2.26. The van der Waals surface area contributed by atoms with Crippen molar-refractivity contribution in [2.24, 2.45) is 17.8 Å². The first-order valence-electron chi connectivity index (χ1n) is 12.0. The SMILES string of the molecule is CCCCCC1CC[C@@H]2CC(c3cc4ccc(C(=O)OC)c(F)c4cc3F)CC[C@H]2C1. The van der Waals surface area contributed by atoms with Crippen LogP contribution in [0.2, 0.25) is 0 Å². The van der Waals surface area contributed by atoms with Crippen molar-refractivity contribution in [1.29, 1.82) is 0 Å². The number of unbranched alkanes of at least 4 members (excludes halogenated alkanes) is 2. The normalized spacial score (nSPS) is 25.9. The Hall–Kier alpha value is -1.97. The first kappa shape index (κ1) is 22.2. The van der Waals surface area contributed by atoms with Gasteiger partial charge in [0.15, 0.2) is 0 Å². The number of carbonyl (C=O) groups is 1. The Morgan fingerprint density at radius 1 is 1.03 bits per heavy atom. The van der Waals surface area contributed by atoms with Crippen molar-refractivity contribution in [1.82, 2.24) is 0 Å². The average molecular weight is 429 g/mol. The van der Waals surface area contributed by atoms with E-state index in [4.69, 9.17) is 0 Å². The minimum Gasteiger partial charge on any atom is -0.465 e. The summed E-state index contributed by atoms with van der Waals surface area (Å²) >= 11 is 0. The Morgan fingerprint density at radius 3 is 2.58 bits per heavy atom. The molecule has 31 heavy (non-hydrogen) atoms. The largest absolute Gasteiger partial charge is 0.465 e. The first-order chi connectivity index (χ1) is 15.0. The lowest BCUT2D eigenvalue weighted by molar-refractivity contribution is 0.0596. The quantitative estimate of drug-likeness (QED) is 0.347. The van der Waals surface area contributed by atoms with Gasteiger partial charge in [0, 0.05) is 5.39 Å². The molecule has 2 aliphatic carbocycles. The van der Waals surface area contributed by atoms with E-state index in [-0.39, 0.29) is 22.7 Å². The third-order valence-electron chi connectivity index (χ3n) is 7.85. The molecule has 4 heteroatoms. The van der Waals surface area contributed by atoms with Gasteiger partial charge in [-0.2, -0.15) is 0 Å². The highest BCUT2D eigenvalue weighted by molar-refractivity contribution is 5.96. The van der Waals surface area contributed by atoms with Gasteiger partial charge in [0.05, 0.1) is 12.7 Å². The minimum atomic E-state index is -0.743. The second-order valence-electron chi connectivity index (χ2n) is 9.72. The number of methoxy groups -OCH3 is 1. The number of hydrogen-bond donors (Lipinski definition) is 0. The van der Waals surface area contributed by atoms with Gasteiger partial charge in [0.1, 0.15) is 11.6 Å². The average Bonchev–Trinajstić information content (AvgIpc) is 2.79. The maximum atomic E-state index is 15.1. The van der Waals surface area contributed by atoms with Crippen LogP contribution in [-0.2, 0) is 4.74 Å². The molecule has 0 amide bonds. The molecule has 0 N–H and O–H groups in total. The van der Waals surface area contributed by atoms with Crippen molar-refractivity contribution in [3.8, 4) is 0 Å². The van der Waals surface area contributed by atoms with Gasteiger partial charge >= 0.3 is 5.97 Å². The molecule has 2 saturated carbocycles. The summed E-state index contributed by atoms with van der Waals surface area (Å²) in [6.07, 6.45) is 12.5. The summed E-state index contributed by atoms with van der Waals surface area (Å²) in [6, 6.07) is 6.20. The molecular formula is C27H34F2O2. The topological polar surface area (TPSA) is 26.3 Å². The van der Waals surface area contributed by atoms with Crippen molar-refractivity contribution < 1.29 is 18.3 Å². The van der Waals surface area contributed by atoms with Crippen molar-refractivity contribution in [3.05, 3.63) is 47.0 Å². The van der Waals surface area contributed by atoms with Gasteiger partial charge in [0.25, 0.3) is 0 Å². The second kappa shape index (κ2) is 9.67. The van der Waals surface area contributed by atoms with E-state index in [2.05, 4.69) is 11.7 Å². The molecule has 0 bridgehead atoms. The fourth-order valence-corrected chi connectivity index (χ4v) is 6.12. The van der Waals surface area contributed by atoms with Gasteiger partial charge in [-0.25, -0.2) is 13.6 Å². The van der Waals surface area contributed by atoms with E-state index in [0.717, 1.165) is 24.7 Å². The molecule has 2 aromatic carbocycles. The molecule has 2 unspecified atom stereocenters. The molecule has 0 aromatic heterocycles. The summed E-state index contributed by atoms with van der Waals surface area (Å²) in [7, 11) is 1.21. The first-order valence-corrected chi connectivity index (χ1v) is 12.0.